The van der Waals surface area contributed by atoms with Crippen LogP contribution in [0.2, 0.25) is 0 Å². The highest BCUT2D eigenvalue weighted by atomic mass is 16.5. The number of carbonyl (C=O) groups is 1. The lowest BCUT2D eigenvalue weighted by atomic mass is 9.93. The third-order valence-corrected chi connectivity index (χ3v) is 4.59. The lowest BCUT2D eigenvalue weighted by Crippen LogP contribution is -2.55. The molecule has 132 valence electrons. The average molecular weight is 341 g/mol. The minimum absolute atomic E-state index is 0.0314. The van der Waals surface area contributed by atoms with Gasteiger partial charge in [0.25, 0.3) is 0 Å². The number of hydrogen-bond donors (Lipinski definition) is 2. The Balaban J connectivity index is 1.67. The number of aliphatic hydroxyl groups excluding tert-OH is 1. The molecule has 0 bridgehead atoms. The highest BCUT2D eigenvalue weighted by Crippen LogP contribution is 2.24. The van der Waals surface area contributed by atoms with Gasteiger partial charge >= 0.3 is 5.97 Å². The van der Waals surface area contributed by atoms with E-state index in [2.05, 4.69) is 4.90 Å². The van der Waals surface area contributed by atoms with Crippen molar-refractivity contribution in [3.05, 3.63) is 71.3 Å². The molecule has 5 nitrogen and oxygen atoms in total. The Labute approximate surface area is 147 Å². The molecule has 1 saturated heterocycles. The smallest absolute Gasteiger partial charge is 0.335 e. The molecule has 0 unspecified atom stereocenters. The van der Waals surface area contributed by atoms with Gasteiger partial charge in [0.2, 0.25) is 0 Å². The molecule has 0 spiro atoms. The fraction of sp³-hybridized carbons (Fsp3) is 0.350. The molecule has 5 heteroatoms. The molecule has 3 rings (SSSR count). The normalized spacial score (nSPS) is 21.2. The molecule has 1 heterocycles. The largest absolute Gasteiger partial charge is 0.478 e. The van der Waals surface area contributed by atoms with Crippen molar-refractivity contribution in [2.45, 2.75) is 18.6 Å². The van der Waals surface area contributed by atoms with Crippen LogP contribution in [0.25, 0.3) is 0 Å². The minimum atomic E-state index is -0.917. The maximum Gasteiger partial charge on any atom is 0.335 e. The monoisotopic (exact) mass is 341 g/mol. The summed E-state index contributed by atoms with van der Waals surface area (Å²) in [6.45, 7) is 2.67. The maximum atomic E-state index is 10.9. The number of aromatic carboxylic acids is 1. The van der Waals surface area contributed by atoms with Gasteiger partial charge in [-0.15, -0.1) is 0 Å². The Bertz CT molecular complexity index is 701. The predicted octanol–water partition coefficient (Wildman–Crippen LogP) is 2.19. The first kappa shape index (κ1) is 17.6. The Morgan fingerprint density at radius 1 is 1.08 bits per heavy atom. The maximum absolute atomic E-state index is 10.9. The van der Waals surface area contributed by atoms with E-state index in [0.717, 1.165) is 17.7 Å². The van der Waals surface area contributed by atoms with Crippen LogP contribution in [0.3, 0.4) is 0 Å². The summed E-state index contributed by atoms with van der Waals surface area (Å²) in [6, 6.07) is 17.0. The highest BCUT2D eigenvalue weighted by Gasteiger charge is 2.36. The number of rotatable bonds is 6. The molecule has 0 saturated carbocycles. The van der Waals surface area contributed by atoms with Crippen LogP contribution in [-0.4, -0.2) is 53.0 Å². The fourth-order valence-electron chi connectivity index (χ4n) is 3.30. The third kappa shape index (κ3) is 4.45. The van der Waals surface area contributed by atoms with E-state index in [1.807, 2.05) is 42.5 Å². The number of carboxylic acid groups (broad SMARTS) is 1. The summed E-state index contributed by atoms with van der Waals surface area (Å²) in [4.78, 5) is 13.2. The van der Waals surface area contributed by atoms with Gasteiger partial charge in [-0.05, 0) is 23.3 Å². The highest BCUT2D eigenvalue weighted by molar-refractivity contribution is 5.87. The van der Waals surface area contributed by atoms with Crippen LogP contribution in [0.1, 0.15) is 21.5 Å². The Morgan fingerprint density at radius 2 is 1.80 bits per heavy atom. The fourth-order valence-corrected chi connectivity index (χ4v) is 3.30. The molecule has 2 N–H and O–H groups in total. The van der Waals surface area contributed by atoms with Crippen LogP contribution < -0.4 is 0 Å². The zero-order chi connectivity index (χ0) is 17.7. The van der Waals surface area contributed by atoms with Gasteiger partial charge in [0.1, 0.15) is 5.60 Å². The molecule has 1 aliphatic heterocycles. The van der Waals surface area contributed by atoms with Crippen LogP contribution in [0, 0.1) is 0 Å². The Kier molecular flexibility index (Phi) is 5.48. The number of aliphatic hydroxyl groups is 1. The second-order valence-electron chi connectivity index (χ2n) is 6.56. The summed E-state index contributed by atoms with van der Waals surface area (Å²) in [6.07, 6.45) is 0.665. The predicted molar refractivity (Wildman–Crippen MR) is 94.6 cm³/mol. The van der Waals surface area contributed by atoms with E-state index >= 15 is 0 Å². The van der Waals surface area contributed by atoms with Crippen molar-refractivity contribution >= 4 is 5.97 Å². The molecule has 1 aliphatic rings. The van der Waals surface area contributed by atoms with Crippen molar-refractivity contribution in [3.63, 3.8) is 0 Å². The van der Waals surface area contributed by atoms with E-state index in [1.54, 1.807) is 12.1 Å². The zero-order valence-corrected chi connectivity index (χ0v) is 14.1. The van der Waals surface area contributed by atoms with Crippen molar-refractivity contribution in [3.8, 4) is 0 Å². The molecule has 1 fully saturated rings. The third-order valence-electron chi connectivity index (χ3n) is 4.59. The quantitative estimate of drug-likeness (QED) is 0.843. The van der Waals surface area contributed by atoms with Gasteiger partial charge in [-0.1, -0.05) is 42.5 Å². The van der Waals surface area contributed by atoms with Crippen molar-refractivity contribution in [1.29, 1.82) is 0 Å². The number of benzene rings is 2. The van der Waals surface area contributed by atoms with Crippen molar-refractivity contribution in [1.82, 2.24) is 4.90 Å². The molecule has 1 atom stereocenters. The van der Waals surface area contributed by atoms with E-state index < -0.39 is 11.6 Å². The van der Waals surface area contributed by atoms with E-state index in [-0.39, 0.29) is 6.61 Å². The van der Waals surface area contributed by atoms with Crippen LogP contribution in [0.15, 0.2) is 54.6 Å². The molecule has 0 amide bonds. The summed E-state index contributed by atoms with van der Waals surface area (Å²) in [5, 5.41) is 19.0. The molecule has 2 aromatic rings. The van der Waals surface area contributed by atoms with Gasteiger partial charge in [-0.2, -0.15) is 0 Å². The van der Waals surface area contributed by atoms with Crippen LogP contribution in [0.4, 0.5) is 0 Å². The number of morpholine rings is 1. The van der Waals surface area contributed by atoms with Crippen molar-refractivity contribution < 1.29 is 19.7 Å². The molecule has 25 heavy (non-hydrogen) atoms. The lowest BCUT2D eigenvalue weighted by molar-refractivity contribution is -0.134. The summed E-state index contributed by atoms with van der Waals surface area (Å²) < 4.78 is 5.97. The van der Waals surface area contributed by atoms with Crippen LogP contribution >= 0.6 is 0 Å². The van der Waals surface area contributed by atoms with Crippen LogP contribution in [0.5, 0.6) is 0 Å². The van der Waals surface area contributed by atoms with Crippen LogP contribution in [-0.2, 0) is 17.7 Å². The summed E-state index contributed by atoms with van der Waals surface area (Å²) in [7, 11) is 0. The molecular formula is C20H23NO4. The number of hydrogen-bond acceptors (Lipinski definition) is 4. The second kappa shape index (κ2) is 7.78. The lowest BCUT2D eigenvalue weighted by Gasteiger charge is -2.42. The second-order valence-corrected chi connectivity index (χ2v) is 6.56. The van der Waals surface area contributed by atoms with E-state index in [9.17, 15) is 9.90 Å². The van der Waals surface area contributed by atoms with Crippen molar-refractivity contribution in [2.24, 2.45) is 0 Å². The Morgan fingerprint density at radius 3 is 2.44 bits per heavy atom. The number of carboxylic acids is 1. The summed E-state index contributed by atoms with van der Waals surface area (Å²) >= 11 is 0. The zero-order valence-electron chi connectivity index (χ0n) is 14.1. The first-order valence-corrected chi connectivity index (χ1v) is 8.44. The van der Waals surface area contributed by atoms with Crippen molar-refractivity contribution in [2.75, 3.05) is 26.3 Å². The minimum Gasteiger partial charge on any atom is -0.478 e. The molecule has 0 radical (unpaired) electrons. The molecule has 2 aromatic carbocycles. The van der Waals surface area contributed by atoms with Gasteiger partial charge in [-0.3, -0.25) is 4.90 Å². The first-order valence-electron chi connectivity index (χ1n) is 8.44. The molecular weight excluding hydrogens is 318 g/mol. The summed E-state index contributed by atoms with van der Waals surface area (Å²) in [5.41, 5.74) is 1.89. The average Bonchev–Trinajstić information content (AvgIpc) is 2.63. The van der Waals surface area contributed by atoms with Gasteiger partial charge in [-0.25, -0.2) is 4.79 Å². The standard InChI is InChI=1S/C20H23NO4/c22-15-20(12-16-4-2-1-3-5-16)14-21(10-11-25-20)13-17-6-8-18(9-7-17)19(23)24/h1-9,22H,10-15H2,(H,23,24)/t20-/m1/s1. The van der Waals surface area contributed by atoms with E-state index in [4.69, 9.17) is 9.84 Å². The SMILES string of the molecule is O=C(O)c1ccc(CN2CCO[C@](CO)(Cc3ccccc3)C2)cc1. The number of ether oxygens (including phenoxy) is 1. The topological polar surface area (TPSA) is 70.0 Å². The first-order chi connectivity index (χ1) is 12.1. The Hall–Kier alpha value is -2.21. The summed E-state index contributed by atoms with van der Waals surface area (Å²) in [5.74, 6) is -0.917. The van der Waals surface area contributed by atoms with E-state index in [1.165, 1.54) is 0 Å². The molecule has 0 aliphatic carbocycles. The van der Waals surface area contributed by atoms with Gasteiger partial charge in [0.15, 0.2) is 0 Å². The van der Waals surface area contributed by atoms with Gasteiger partial charge in [0.05, 0.1) is 18.8 Å². The van der Waals surface area contributed by atoms with Gasteiger partial charge in [0, 0.05) is 26.1 Å². The molecule has 0 aromatic heterocycles. The van der Waals surface area contributed by atoms with E-state index in [0.29, 0.717) is 31.7 Å². The van der Waals surface area contributed by atoms with Gasteiger partial charge < -0.3 is 14.9 Å². The number of nitrogens with zero attached hydrogens (tertiary/aromatic N) is 1.